The second-order valence-corrected chi connectivity index (χ2v) is 6.16. The van der Waals surface area contributed by atoms with Crippen LogP contribution in [0.1, 0.15) is 27.8 Å². The molecule has 122 valence electrons. The number of nitrogens with zero attached hydrogens (tertiary/aromatic N) is 3. The number of hydrogen-bond acceptors (Lipinski definition) is 4. The van der Waals surface area contributed by atoms with E-state index in [9.17, 15) is 0 Å². The lowest BCUT2D eigenvalue weighted by Gasteiger charge is -2.09. The summed E-state index contributed by atoms with van der Waals surface area (Å²) in [5, 5.41) is 4.67. The minimum absolute atomic E-state index is 0.695. The van der Waals surface area contributed by atoms with E-state index in [0.717, 1.165) is 28.1 Å². The van der Waals surface area contributed by atoms with Crippen LogP contribution in [-0.2, 0) is 0 Å². The minimum atomic E-state index is 0.695. The Labute approximate surface area is 147 Å². The molecule has 0 spiro atoms. The van der Waals surface area contributed by atoms with Crippen molar-refractivity contribution >= 4 is 17.2 Å². The first kappa shape index (κ1) is 15.3. The predicted molar refractivity (Wildman–Crippen MR) is 102 cm³/mol. The Morgan fingerprint density at radius 1 is 0.840 bits per heavy atom. The summed E-state index contributed by atoms with van der Waals surface area (Å²) in [6.45, 7) is 4.16. The van der Waals surface area contributed by atoms with Crippen molar-refractivity contribution in [3.63, 3.8) is 0 Å². The van der Waals surface area contributed by atoms with Crippen molar-refractivity contribution in [1.29, 1.82) is 0 Å². The van der Waals surface area contributed by atoms with Gasteiger partial charge < -0.3 is 0 Å². The van der Waals surface area contributed by atoms with Crippen LogP contribution in [0.2, 0.25) is 0 Å². The molecule has 4 rings (SSSR count). The third-order valence-electron chi connectivity index (χ3n) is 4.17. The molecule has 0 unspecified atom stereocenters. The summed E-state index contributed by atoms with van der Waals surface area (Å²) < 4.78 is 0. The van der Waals surface area contributed by atoms with Gasteiger partial charge in [-0.3, -0.25) is 10.4 Å². The SMILES string of the molecule is Cc1ccc(C2=NNC(c3cccnc3)=Nc3ccc(C)cc32)cc1. The number of pyridine rings is 1. The number of fused-ring (bicyclic) bond motifs is 1. The zero-order valence-corrected chi connectivity index (χ0v) is 14.2. The van der Waals surface area contributed by atoms with Gasteiger partial charge in [0.2, 0.25) is 0 Å². The first-order valence-corrected chi connectivity index (χ1v) is 8.21. The molecule has 0 aliphatic carbocycles. The van der Waals surface area contributed by atoms with Crippen molar-refractivity contribution in [2.45, 2.75) is 13.8 Å². The van der Waals surface area contributed by atoms with E-state index in [4.69, 9.17) is 4.99 Å². The van der Waals surface area contributed by atoms with Crippen molar-refractivity contribution in [2.24, 2.45) is 10.1 Å². The largest absolute Gasteiger partial charge is 0.264 e. The highest BCUT2D eigenvalue weighted by atomic mass is 15.3. The number of nitrogens with one attached hydrogen (secondary N) is 1. The van der Waals surface area contributed by atoms with E-state index in [0.29, 0.717) is 5.84 Å². The van der Waals surface area contributed by atoms with Gasteiger partial charge in [-0.25, -0.2) is 4.99 Å². The first-order chi connectivity index (χ1) is 12.2. The van der Waals surface area contributed by atoms with Gasteiger partial charge in [-0.05, 0) is 38.1 Å². The molecule has 1 aromatic heterocycles. The summed E-state index contributed by atoms with van der Waals surface area (Å²) in [7, 11) is 0. The Bertz CT molecular complexity index is 971. The van der Waals surface area contributed by atoms with E-state index in [1.807, 2.05) is 18.2 Å². The molecular formula is C21H18N4. The highest BCUT2D eigenvalue weighted by Crippen LogP contribution is 2.26. The van der Waals surface area contributed by atoms with Crippen LogP contribution in [0.5, 0.6) is 0 Å². The summed E-state index contributed by atoms with van der Waals surface area (Å²) in [4.78, 5) is 8.97. The molecule has 0 fully saturated rings. The summed E-state index contributed by atoms with van der Waals surface area (Å²) in [5.74, 6) is 0.695. The zero-order chi connectivity index (χ0) is 17.2. The van der Waals surface area contributed by atoms with Gasteiger partial charge >= 0.3 is 0 Å². The van der Waals surface area contributed by atoms with Crippen LogP contribution < -0.4 is 5.43 Å². The van der Waals surface area contributed by atoms with Crippen molar-refractivity contribution in [2.75, 3.05) is 0 Å². The molecule has 1 aliphatic rings. The summed E-state index contributed by atoms with van der Waals surface area (Å²) >= 11 is 0. The predicted octanol–water partition coefficient (Wildman–Crippen LogP) is 4.13. The number of aliphatic imine (C=N–C) groups is 1. The topological polar surface area (TPSA) is 49.6 Å². The molecule has 2 aromatic carbocycles. The molecule has 25 heavy (non-hydrogen) atoms. The monoisotopic (exact) mass is 326 g/mol. The van der Waals surface area contributed by atoms with E-state index in [-0.39, 0.29) is 0 Å². The number of aromatic nitrogens is 1. The average Bonchev–Trinajstić information content (AvgIpc) is 2.83. The molecule has 1 aliphatic heterocycles. The normalized spacial score (nSPS) is 13.2. The van der Waals surface area contributed by atoms with Crippen LogP contribution in [-0.4, -0.2) is 16.5 Å². The summed E-state index contributed by atoms with van der Waals surface area (Å²) in [5.41, 5.74) is 10.3. The van der Waals surface area contributed by atoms with Crippen LogP contribution in [0.15, 0.2) is 77.1 Å². The Hall–Kier alpha value is -3.27. The number of rotatable bonds is 2. The molecule has 3 aromatic rings. The third kappa shape index (κ3) is 3.06. The lowest BCUT2D eigenvalue weighted by molar-refractivity contribution is 1.03. The standard InChI is InChI=1S/C21H18N4/c1-14-5-8-16(9-6-14)20-18-12-15(2)7-10-19(18)23-21(25-24-20)17-4-3-11-22-13-17/h3-13H,1-2H3,(H,23,25). The molecular weight excluding hydrogens is 308 g/mol. The van der Waals surface area contributed by atoms with Crippen LogP contribution >= 0.6 is 0 Å². The van der Waals surface area contributed by atoms with Crippen molar-refractivity contribution in [3.05, 3.63) is 94.8 Å². The average molecular weight is 326 g/mol. The molecule has 1 N–H and O–H groups in total. The van der Waals surface area contributed by atoms with E-state index < -0.39 is 0 Å². The second kappa shape index (κ2) is 6.32. The molecule has 4 heteroatoms. The highest BCUT2D eigenvalue weighted by Gasteiger charge is 2.17. The molecule has 2 heterocycles. The zero-order valence-electron chi connectivity index (χ0n) is 14.2. The van der Waals surface area contributed by atoms with Crippen LogP contribution in [0, 0.1) is 13.8 Å². The maximum atomic E-state index is 4.79. The third-order valence-corrected chi connectivity index (χ3v) is 4.17. The number of amidine groups is 1. The quantitative estimate of drug-likeness (QED) is 0.769. The molecule has 0 atom stereocenters. The Morgan fingerprint density at radius 3 is 2.40 bits per heavy atom. The fourth-order valence-corrected chi connectivity index (χ4v) is 2.81. The van der Waals surface area contributed by atoms with Crippen LogP contribution in [0.25, 0.3) is 0 Å². The minimum Gasteiger partial charge on any atom is -0.264 e. The second-order valence-electron chi connectivity index (χ2n) is 6.16. The van der Waals surface area contributed by atoms with Crippen molar-refractivity contribution < 1.29 is 0 Å². The number of aryl methyl sites for hydroxylation is 2. The lowest BCUT2D eigenvalue weighted by atomic mass is 9.98. The highest BCUT2D eigenvalue weighted by molar-refractivity contribution is 6.18. The van der Waals surface area contributed by atoms with E-state index >= 15 is 0 Å². The van der Waals surface area contributed by atoms with Gasteiger partial charge in [-0.2, -0.15) is 5.10 Å². The van der Waals surface area contributed by atoms with Gasteiger partial charge in [-0.15, -0.1) is 0 Å². The van der Waals surface area contributed by atoms with Crippen LogP contribution in [0.4, 0.5) is 5.69 Å². The maximum Gasteiger partial charge on any atom is 0.155 e. The maximum absolute atomic E-state index is 4.79. The van der Waals surface area contributed by atoms with Gasteiger partial charge in [0.05, 0.1) is 11.4 Å². The summed E-state index contributed by atoms with van der Waals surface area (Å²) in [6.07, 6.45) is 3.53. The van der Waals surface area contributed by atoms with Gasteiger partial charge in [-0.1, -0.05) is 41.5 Å². The molecule has 0 radical (unpaired) electrons. The number of hydrazone groups is 1. The Kier molecular flexibility index (Phi) is 3.86. The number of benzene rings is 2. The Morgan fingerprint density at radius 2 is 1.64 bits per heavy atom. The van der Waals surface area contributed by atoms with Gasteiger partial charge in [0.25, 0.3) is 0 Å². The van der Waals surface area contributed by atoms with Gasteiger partial charge in [0, 0.05) is 29.1 Å². The van der Waals surface area contributed by atoms with Crippen molar-refractivity contribution in [1.82, 2.24) is 10.4 Å². The van der Waals surface area contributed by atoms with Gasteiger partial charge in [0.1, 0.15) is 0 Å². The molecule has 4 nitrogen and oxygen atoms in total. The smallest absolute Gasteiger partial charge is 0.155 e. The molecule has 0 bridgehead atoms. The number of hydrogen-bond donors (Lipinski definition) is 1. The fraction of sp³-hybridized carbons (Fsp3) is 0.0952. The molecule has 0 amide bonds. The Balaban J connectivity index is 1.87. The van der Waals surface area contributed by atoms with E-state index in [2.05, 4.69) is 65.8 Å². The first-order valence-electron chi connectivity index (χ1n) is 8.21. The molecule has 0 saturated carbocycles. The van der Waals surface area contributed by atoms with E-state index in [1.54, 1.807) is 12.4 Å². The van der Waals surface area contributed by atoms with Crippen molar-refractivity contribution in [3.8, 4) is 0 Å². The van der Waals surface area contributed by atoms with Gasteiger partial charge in [0.15, 0.2) is 5.84 Å². The fourth-order valence-electron chi connectivity index (χ4n) is 2.81. The molecule has 0 saturated heterocycles. The summed E-state index contributed by atoms with van der Waals surface area (Å²) in [6, 6.07) is 18.5. The van der Waals surface area contributed by atoms with E-state index in [1.165, 1.54) is 11.1 Å². The lowest BCUT2D eigenvalue weighted by Crippen LogP contribution is -2.19. The van der Waals surface area contributed by atoms with Crippen LogP contribution in [0.3, 0.4) is 0 Å².